The average molecular weight is 336 g/mol. The molecule has 3 rings (SSSR count). The van der Waals surface area contributed by atoms with Crippen molar-refractivity contribution in [3.8, 4) is 0 Å². The molecule has 20 heavy (non-hydrogen) atoms. The first kappa shape index (κ1) is 14.6. The minimum atomic E-state index is 0.376. The normalized spacial score (nSPS) is 30.1. The van der Waals surface area contributed by atoms with E-state index in [1.165, 1.54) is 35.7 Å². The van der Waals surface area contributed by atoms with Crippen LogP contribution >= 0.6 is 15.9 Å². The highest BCUT2D eigenvalue weighted by Crippen LogP contribution is 2.54. The maximum Gasteiger partial charge on any atom is 0.0175 e. The Morgan fingerprint density at radius 1 is 1.15 bits per heavy atom. The Morgan fingerprint density at radius 3 is 2.25 bits per heavy atom. The number of hydrogen-bond acceptors (Lipinski definition) is 1. The summed E-state index contributed by atoms with van der Waals surface area (Å²) in [4.78, 5) is 0. The van der Waals surface area contributed by atoms with E-state index in [1.807, 2.05) is 0 Å². The van der Waals surface area contributed by atoms with Crippen molar-refractivity contribution in [3.05, 3.63) is 34.3 Å². The van der Waals surface area contributed by atoms with Gasteiger partial charge in [-0.25, -0.2) is 0 Å². The summed E-state index contributed by atoms with van der Waals surface area (Å²) in [5.74, 6) is 0.854. The summed E-state index contributed by atoms with van der Waals surface area (Å²) in [7, 11) is 0. The van der Waals surface area contributed by atoms with Crippen molar-refractivity contribution in [2.75, 3.05) is 6.54 Å². The fourth-order valence-electron chi connectivity index (χ4n) is 3.41. The van der Waals surface area contributed by atoms with Crippen molar-refractivity contribution in [2.45, 2.75) is 57.9 Å². The molecule has 1 nitrogen and oxygen atoms in total. The van der Waals surface area contributed by atoms with E-state index in [0.29, 0.717) is 10.8 Å². The zero-order chi connectivity index (χ0) is 14.4. The Labute approximate surface area is 131 Å². The van der Waals surface area contributed by atoms with Gasteiger partial charge in [0.2, 0.25) is 0 Å². The highest BCUT2D eigenvalue weighted by Gasteiger charge is 2.49. The lowest BCUT2D eigenvalue weighted by molar-refractivity contribution is 0.0446. The molecule has 1 N–H and O–H groups in total. The minimum absolute atomic E-state index is 0.376. The monoisotopic (exact) mass is 335 g/mol. The van der Waals surface area contributed by atoms with Crippen molar-refractivity contribution >= 4 is 15.9 Å². The van der Waals surface area contributed by atoms with E-state index in [9.17, 15) is 0 Å². The third-order valence-corrected chi connectivity index (χ3v) is 5.79. The van der Waals surface area contributed by atoms with E-state index >= 15 is 0 Å². The molecule has 1 aromatic carbocycles. The van der Waals surface area contributed by atoms with E-state index < -0.39 is 0 Å². The third-order valence-electron chi connectivity index (χ3n) is 5.26. The summed E-state index contributed by atoms with van der Waals surface area (Å²) in [5, 5.41) is 3.77. The molecule has 110 valence electrons. The summed E-state index contributed by atoms with van der Waals surface area (Å²) < 4.78 is 1.18. The van der Waals surface area contributed by atoms with Crippen LogP contribution in [0.4, 0.5) is 0 Å². The Morgan fingerprint density at radius 2 is 1.75 bits per heavy atom. The predicted octanol–water partition coefficient (Wildman–Crippen LogP) is 4.90. The first-order valence-electron chi connectivity index (χ1n) is 7.88. The van der Waals surface area contributed by atoms with Gasteiger partial charge in [0, 0.05) is 22.5 Å². The Kier molecular flexibility index (Phi) is 3.75. The van der Waals surface area contributed by atoms with Gasteiger partial charge in [0.15, 0.2) is 0 Å². The van der Waals surface area contributed by atoms with Crippen LogP contribution in [0, 0.1) is 11.3 Å². The first-order chi connectivity index (χ1) is 9.39. The van der Waals surface area contributed by atoms with Crippen molar-refractivity contribution in [3.63, 3.8) is 0 Å². The zero-order valence-corrected chi connectivity index (χ0v) is 14.5. The Balaban J connectivity index is 1.76. The molecule has 0 bridgehead atoms. The van der Waals surface area contributed by atoms with Gasteiger partial charge in [-0.3, -0.25) is 0 Å². The van der Waals surface area contributed by atoms with Gasteiger partial charge in [-0.05, 0) is 54.7 Å². The lowest BCUT2D eigenvalue weighted by atomic mass is 9.52. The lowest BCUT2D eigenvalue weighted by Gasteiger charge is -2.53. The van der Waals surface area contributed by atoms with Gasteiger partial charge in [0.05, 0.1) is 0 Å². The van der Waals surface area contributed by atoms with Crippen molar-refractivity contribution in [2.24, 2.45) is 11.3 Å². The molecule has 0 unspecified atom stereocenters. The standard InChI is InChI=1S/C18H26BrN/c1-17(2,3)14-10-18(11-14,12-20-16-8-9-16)13-4-6-15(19)7-5-13/h4-7,14,16,20H,8-12H2,1-3H3. The zero-order valence-electron chi connectivity index (χ0n) is 12.9. The number of hydrogen-bond donors (Lipinski definition) is 1. The molecule has 0 radical (unpaired) electrons. The van der Waals surface area contributed by atoms with E-state index in [-0.39, 0.29) is 0 Å². The van der Waals surface area contributed by atoms with Gasteiger partial charge >= 0.3 is 0 Å². The molecule has 0 amide bonds. The second-order valence-corrected chi connectivity index (χ2v) is 8.83. The maximum atomic E-state index is 3.77. The summed E-state index contributed by atoms with van der Waals surface area (Å²) in [6.07, 6.45) is 5.41. The van der Waals surface area contributed by atoms with Gasteiger partial charge in [0.25, 0.3) is 0 Å². The minimum Gasteiger partial charge on any atom is -0.313 e. The van der Waals surface area contributed by atoms with Crippen LogP contribution < -0.4 is 5.32 Å². The van der Waals surface area contributed by atoms with Crippen LogP contribution in [0.15, 0.2) is 28.7 Å². The molecule has 1 aromatic rings. The number of rotatable bonds is 4. The van der Waals surface area contributed by atoms with Gasteiger partial charge in [0.1, 0.15) is 0 Å². The fraction of sp³-hybridized carbons (Fsp3) is 0.667. The van der Waals surface area contributed by atoms with Gasteiger partial charge in [-0.1, -0.05) is 48.8 Å². The molecule has 2 saturated carbocycles. The predicted molar refractivity (Wildman–Crippen MR) is 89.0 cm³/mol. The molecule has 2 heteroatoms. The second kappa shape index (κ2) is 5.14. The Hall–Kier alpha value is -0.340. The van der Waals surface area contributed by atoms with Gasteiger partial charge < -0.3 is 5.32 Å². The third kappa shape index (κ3) is 2.96. The fourth-order valence-corrected chi connectivity index (χ4v) is 3.67. The van der Waals surface area contributed by atoms with E-state index in [2.05, 4.69) is 66.3 Å². The lowest BCUT2D eigenvalue weighted by Crippen LogP contribution is -2.52. The van der Waals surface area contributed by atoms with Crippen LogP contribution in [0.25, 0.3) is 0 Å². The van der Waals surface area contributed by atoms with Crippen LogP contribution in [0.2, 0.25) is 0 Å². The number of halogens is 1. The molecule has 0 spiro atoms. The molecule has 0 heterocycles. The molecular weight excluding hydrogens is 310 g/mol. The van der Waals surface area contributed by atoms with Crippen molar-refractivity contribution in [1.82, 2.24) is 5.32 Å². The van der Waals surface area contributed by atoms with Crippen LogP contribution in [-0.4, -0.2) is 12.6 Å². The molecule has 0 aromatic heterocycles. The Bertz CT molecular complexity index is 461. The maximum absolute atomic E-state index is 3.77. The highest BCUT2D eigenvalue weighted by molar-refractivity contribution is 9.10. The highest BCUT2D eigenvalue weighted by atomic mass is 79.9. The van der Waals surface area contributed by atoms with Gasteiger partial charge in [-0.2, -0.15) is 0 Å². The largest absolute Gasteiger partial charge is 0.313 e. The van der Waals surface area contributed by atoms with E-state index in [1.54, 1.807) is 0 Å². The number of nitrogens with one attached hydrogen (secondary N) is 1. The molecule has 2 aliphatic rings. The SMILES string of the molecule is CC(C)(C)C1CC(CNC2CC2)(c2ccc(Br)cc2)C1. The first-order valence-corrected chi connectivity index (χ1v) is 8.68. The summed E-state index contributed by atoms with van der Waals surface area (Å²) in [6, 6.07) is 9.82. The van der Waals surface area contributed by atoms with Crippen molar-refractivity contribution < 1.29 is 0 Å². The molecule has 2 aliphatic carbocycles. The molecular formula is C18H26BrN. The second-order valence-electron chi connectivity index (χ2n) is 7.91. The van der Waals surface area contributed by atoms with E-state index in [0.717, 1.165) is 18.5 Å². The summed E-state index contributed by atoms with van der Waals surface area (Å²) in [6.45, 7) is 8.32. The van der Waals surface area contributed by atoms with Crippen LogP contribution in [0.3, 0.4) is 0 Å². The average Bonchev–Trinajstić information content (AvgIpc) is 3.12. The van der Waals surface area contributed by atoms with Gasteiger partial charge in [-0.15, -0.1) is 0 Å². The number of benzene rings is 1. The topological polar surface area (TPSA) is 12.0 Å². The molecule has 2 fully saturated rings. The van der Waals surface area contributed by atoms with Crippen LogP contribution in [0.1, 0.15) is 52.0 Å². The van der Waals surface area contributed by atoms with Crippen LogP contribution in [-0.2, 0) is 5.41 Å². The molecule has 0 saturated heterocycles. The molecule has 0 atom stereocenters. The smallest absolute Gasteiger partial charge is 0.0175 e. The molecule has 0 aliphatic heterocycles. The van der Waals surface area contributed by atoms with Crippen molar-refractivity contribution in [1.29, 1.82) is 0 Å². The summed E-state index contributed by atoms with van der Waals surface area (Å²) in [5.41, 5.74) is 2.34. The van der Waals surface area contributed by atoms with Crippen LogP contribution in [0.5, 0.6) is 0 Å². The summed E-state index contributed by atoms with van der Waals surface area (Å²) >= 11 is 3.55. The quantitative estimate of drug-likeness (QED) is 0.825. The van der Waals surface area contributed by atoms with E-state index in [4.69, 9.17) is 0 Å².